The fourth-order valence-corrected chi connectivity index (χ4v) is 14.5. The van der Waals surface area contributed by atoms with Gasteiger partial charge >= 0.3 is 12.1 Å². The van der Waals surface area contributed by atoms with Crippen molar-refractivity contribution in [3.63, 3.8) is 0 Å². The summed E-state index contributed by atoms with van der Waals surface area (Å²) in [7, 11) is -4.65. The number of pyridine rings is 2. The maximum Gasteiger partial charge on any atom is 0.436 e. The van der Waals surface area contributed by atoms with Crippen molar-refractivity contribution >= 4 is 60.4 Å². The molecular weight excluding hydrogens is 1170 g/mol. The highest BCUT2D eigenvalue weighted by atomic mass is 32.2. The van der Waals surface area contributed by atoms with E-state index >= 15 is 0 Å². The fraction of sp³-hybridized carbons (Fsp3) is 0.300. The van der Waals surface area contributed by atoms with Crippen molar-refractivity contribution < 1.29 is 45.8 Å². The molecule has 3 amide bonds. The first-order valence-corrected chi connectivity index (χ1v) is 32.0. The van der Waals surface area contributed by atoms with Crippen molar-refractivity contribution in [2.45, 2.75) is 97.2 Å². The van der Waals surface area contributed by atoms with Gasteiger partial charge in [0.25, 0.3) is 5.69 Å². The minimum absolute atomic E-state index is 0.00129. The number of sulfone groups is 2. The van der Waals surface area contributed by atoms with Crippen LogP contribution >= 0.6 is 0 Å². The Morgan fingerprint density at radius 3 is 1.47 bits per heavy atom. The van der Waals surface area contributed by atoms with Crippen LogP contribution in [0.3, 0.4) is 0 Å². The summed E-state index contributed by atoms with van der Waals surface area (Å²) in [5.41, 5.74) is 26.1. The van der Waals surface area contributed by atoms with Crippen LogP contribution in [0.2, 0.25) is 0 Å². The van der Waals surface area contributed by atoms with E-state index in [1.807, 2.05) is 95.3 Å². The number of rotatable bonds is 12. The van der Waals surface area contributed by atoms with Crippen LogP contribution in [0.4, 0.5) is 26.9 Å². The second-order valence-corrected chi connectivity index (χ2v) is 25.9. The molecule has 26 nitrogen and oxygen atoms in total. The zero-order valence-electron chi connectivity index (χ0n) is 48.3. The number of amides is 3. The number of aromatic nitrogens is 8. The number of nitro benzene ring substituents is 1. The molecule has 7 N–H and O–H groups in total. The van der Waals surface area contributed by atoms with Gasteiger partial charge in [0.05, 0.1) is 54.3 Å². The maximum atomic E-state index is 13.0. The molecule has 10 heterocycles. The third kappa shape index (κ3) is 12.5. The quantitative estimate of drug-likeness (QED) is 0.0569. The molecule has 456 valence electrons. The summed E-state index contributed by atoms with van der Waals surface area (Å²) < 4.78 is 59.1. The van der Waals surface area contributed by atoms with Crippen molar-refractivity contribution in [2.75, 3.05) is 38.2 Å². The van der Waals surface area contributed by atoms with Gasteiger partial charge in [0, 0.05) is 106 Å². The largest absolute Gasteiger partial charge is 0.436 e. The number of benzene rings is 3. The molecule has 88 heavy (non-hydrogen) atoms. The van der Waals surface area contributed by atoms with Crippen LogP contribution in [0.1, 0.15) is 74.6 Å². The highest BCUT2D eigenvalue weighted by Gasteiger charge is 2.46. The molecule has 3 aromatic carbocycles. The molecule has 9 aromatic rings. The summed E-state index contributed by atoms with van der Waals surface area (Å²) >= 11 is 0. The summed E-state index contributed by atoms with van der Waals surface area (Å²) in [4.78, 5) is 63.3. The Hall–Kier alpha value is -9.48. The average Bonchev–Trinajstić information content (AvgIpc) is 1.51. The lowest BCUT2D eigenvalue weighted by molar-refractivity contribution is -0.384. The summed E-state index contributed by atoms with van der Waals surface area (Å²) in [6.07, 6.45) is 15.2. The number of ether oxygens (including phenoxy) is 1. The number of urea groups is 1. The van der Waals surface area contributed by atoms with Gasteiger partial charge < -0.3 is 26.4 Å². The Labute approximate surface area is 505 Å². The van der Waals surface area contributed by atoms with Gasteiger partial charge in [-0.25, -0.2) is 41.9 Å². The van der Waals surface area contributed by atoms with E-state index in [2.05, 4.69) is 35.8 Å². The number of hydrogen-bond acceptors (Lipinski definition) is 20. The van der Waals surface area contributed by atoms with Gasteiger partial charge in [-0.1, -0.05) is 72.8 Å². The molecule has 0 spiro atoms. The number of non-ortho nitro benzene ring substituents is 1. The van der Waals surface area contributed by atoms with Crippen LogP contribution in [-0.2, 0) is 29.3 Å². The monoisotopic (exact) mass is 1230 g/mol. The Kier molecular flexibility index (Phi) is 17.2. The smallest absolute Gasteiger partial charge is 0.409 e. The first-order chi connectivity index (χ1) is 42.3. The molecule has 4 bridgehead atoms. The summed E-state index contributed by atoms with van der Waals surface area (Å²) in [5, 5.41) is 22.7. The first-order valence-electron chi connectivity index (χ1n) is 28.2. The van der Waals surface area contributed by atoms with E-state index in [-0.39, 0.29) is 62.8 Å². The van der Waals surface area contributed by atoms with E-state index in [1.165, 1.54) is 53.8 Å². The number of nitrogen functional groups attached to an aromatic ring is 2. The Morgan fingerprint density at radius 1 is 0.602 bits per heavy atom. The third-order valence-electron chi connectivity index (χ3n) is 16.2. The number of nitro groups is 1. The predicted molar refractivity (Wildman–Crippen MR) is 326 cm³/mol. The van der Waals surface area contributed by atoms with Gasteiger partial charge in [0.2, 0.25) is 0 Å². The number of carbonyl (C=O) groups excluding carboxylic acids is 2. The van der Waals surface area contributed by atoms with Crippen molar-refractivity contribution in [2.24, 2.45) is 0 Å². The van der Waals surface area contributed by atoms with Gasteiger partial charge in [-0.3, -0.25) is 29.8 Å². The Bertz CT molecular complexity index is 4270. The minimum Gasteiger partial charge on any atom is -0.409 e. The lowest BCUT2D eigenvalue weighted by Crippen LogP contribution is -2.50. The third-order valence-corrected chi connectivity index (χ3v) is 18.5. The second-order valence-electron chi connectivity index (χ2n) is 22.0. The molecule has 28 heteroatoms. The van der Waals surface area contributed by atoms with Gasteiger partial charge in [-0.15, -0.1) is 0 Å². The molecule has 4 fully saturated rings. The van der Waals surface area contributed by atoms with Crippen molar-refractivity contribution in [1.29, 1.82) is 0 Å². The molecule has 2 unspecified atom stereocenters. The second kappa shape index (κ2) is 25.1. The number of piperidine rings is 2. The topological polar surface area (TPSA) is 351 Å². The normalized spacial score (nSPS) is 19.5. The molecule has 4 aliphatic heterocycles. The van der Waals surface area contributed by atoms with Gasteiger partial charge in [0.1, 0.15) is 27.2 Å². The fourth-order valence-electron chi connectivity index (χ4n) is 12.4. The van der Waals surface area contributed by atoms with Crippen molar-refractivity contribution in [1.82, 2.24) is 60.3 Å². The van der Waals surface area contributed by atoms with Crippen LogP contribution in [-0.4, -0.2) is 129 Å². The minimum atomic E-state index is -3.72. The van der Waals surface area contributed by atoms with Crippen LogP contribution < -0.4 is 32.5 Å². The van der Waals surface area contributed by atoms with E-state index in [0.717, 1.165) is 84.0 Å². The molecule has 6 aromatic heterocycles. The number of nitrogens with one attached hydrogen (secondary N) is 3. The standard InChI is InChI=1S/C27H29N7O4S.C25H26N6O2S.C8H8N2O5/c1-38-32-27(35)33-19-9-10-20(33)13-18(12-19)23-24(39(2,36)37)25(28)34-26(31-23)21(15-30-34)17-8-11-22(29-14-17)16-6-4-3-5-7-16;1-34(32,33)23-22(17-11-18-8-9-19(12-17)29-18)30-25-20(14-28-31(25)24(23)26)16-7-10-21(27-13-16)15-5-3-2-4-6-15;1-14-9-8(11)15-7-4-2-6(3-5-7)10(12)13/h3-8,11,14-15,18-20H,9-10,12-13,28H2,1-2H3,(H,32,35);2-7,10,13-14,17-19,29H,8-9,11-12,26H2,1H3;2-5H,1H3,(H,9,11)/t18?,19-,20+;17?,18-,19+;. The molecule has 0 radical (unpaired) electrons. The lowest BCUT2D eigenvalue weighted by atomic mass is 9.88. The number of hydrogen-bond donors (Lipinski definition) is 5. The molecular formula is C60H63N15O11S2. The van der Waals surface area contributed by atoms with Gasteiger partial charge in [0.15, 0.2) is 31.0 Å². The molecule has 0 aliphatic carbocycles. The highest BCUT2D eigenvalue weighted by molar-refractivity contribution is 7.91. The summed E-state index contributed by atoms with van der Waals surface area (Å²) in [5.74, 6) is 0.192. The lowest BCUT2D eigenvalue weighted by Gasteiger charge is -2.38. The van der Waals surface area contributed by atoms with Gasteiger partial charge in [-0.05, 0) is 75.6 Å². The highest BCUT2D eigenvalue weighted by Crippen LogP contribution is 2.46. The number of hydroxylamine groups is 2. The number of anilines is 2. The maximum absolute atomic E-state index is 13.0. The van der Waals surface area contributed by atoms with E-state index in [0.29, 0.717) is 53.2 Å². The number of fused-ring (bicyclic) bond motifs is 6. The van der Waals surface area contributed by atoms with E-state index in [9.17, 15) is 36.5 Å². The molecule has 6 atom stereocenters. The number of carbonyl (C=O) groups is 2. The van der Waals surface area contributed by atoms with Crippen LogP contribution in [0, 0.1) is 10.1 Å². The van der Waals surface area contributed by atoms with E-state index < -0.39 is 30.7 Å². The predicted octanol–water partition coefficient (Wildman–Crippen LogP) is 8.11. The zero-order valence-corrected chi connectivity index (χ0v) is 49.9. The van der Waals surface area contributed by atoms with Crippen LogP contribution in [0.5, 0.6) is 5.75 Å². The molecule has 4 saturated heterocycles. The van der Waals surface area contributed by atoms with E-state index in [1.54, 1.807) is 24.8 Å². The zero-order chi connectivity index (χ0) is 62.0. The van der Waals surface area contributed by atoms with Crippen molar-refractivity contribution in [3.8, 4) is 50.5 Å². The first kappa shape index (κ1) is 60.2. The Morgan fingerprint density at radius 2 is 1.06 bits per heavy atom. The Balaban J connectivity index is 0.000000149. The van der Waals surface area contributed by atoms with Crippen molar-refractivity contribution in [3.05, 3.63) is 155 Å². The molecule has 4 aliphatic rings. The number of nitrogens with two attached hydrogens (primary N) is 2. The molecule has 0 saturated carbocycles. The van der Waals surface area contributed by atoms with Crippen LogP contribution in [0.15, 0.2) is 144 Å². The number of nitrogens with zero attached hydrogens (tertiary/aromatic N) is 10. The molecule has 13 rings (SSSR count). The average molecular weight is 1230 g/mol. The van der Waals surface area contributed by atoms with E-state index in [4.69, 9.17) is 31.0 Å². The van der Waals surface area contributed by atoms with Crippen LogP contribution in [0.25, 0.3) is 56.1 Å². The SMILES string of the molecule is CONC(=O)N1[C@@H]2CC[C@H]1CC(c1nc3c(-c4ccc(-c5ccccc5)nc4)cnn3c(N)c1S(C)(=O)=O)C2.CONC(=O)Oc1ccc([N+](=O)[O-])cc1.CS(=O)(=O)c1c(C2C[C@H]3CC[C@@H](C2)N3)nc2c(-c3ccc(-c4ccccc4)nc3)cnn2c1N. The van der Waals surface area contributed by atoms with Gasteiger partial charge in [-0.2, -0.15) is 24.7 Å². The summed E-state index contributed by atoms with van der Waals surface area (Å²) in [6, 6.07) is 33.2. The summed E-state index contributed by atoms with van der Waals surface area (Å²) in [6.45, 7) is 0.